The molecule has 24 heavy (non-hydrogen) atoms. The molecule has 2 rings (SSSR count). The van der Waals surface area contributed by atoms with Gasteiger partial charge in [-0.25, -0.2) is 13.1 Å². The summed E-state index contributed by atoms with van der Waals surface area (Å²) >= 11 is 0. The number of ether oxygens (including phenoxy) is 1. The molecular weight excluding hydrogens is 330 g/mol. The van der Waals surface area contributed by atoms with Gasteiger partial charge in [0.2, 0.25) is 10.0 Å². The van der Waals surface area contributed by atoms with Crippen LogP contribution in [0.15, 0.2) is 29.2 Å². The highest BCUT2D eigenvalue weighted by Crippen LogP contribution is 2.13. The number of benzene rings is 1. The highest BCUT2D eigenvalue weighted by atomic mass is 32.2. The van der Waals surface area contributed by atoms with Gasteiger partial charge in [-0.05, 0) is 50.0 Å². The molecule has 0 bridgehead atoms. The van der Waals surface area contributed by atoms with Gasteiger partial charge in [-0.2, -0.15) is 0 Å². The molecule has 134 valence electrons. The fraction of sp³-hybridized carbons (Fsp3) is 0.562. The van der Waals surface area contributed by atoms with E-state index in [2.05, 4.69) is 15.4 Å². The van der Waals surface area contributed by atoms with Crippen molar-refractivity contribution in [1.29, 1.82) is 0 Å². The molecule has 8 heteroatoms. The maximum Gasteiger partial charge on any atom is 0.251 e. The van der Waals surface area contributed by atoms with Gasteiger partial charge in [0.05, 0.1) is 11.5 Å². The van der Waals surface area contributed by atoms with Crippen LogP contribution in [0.1, 0.15) is 23.2 Å². The predicted molar refractivity (Wildman–Crippen MR) is 91.4 cm³/mol. The smallest absolute Gasteiger partial charge is 0.251 e. The molecule has 0 radical (unpaired) electrons. The fourth-order valence-corrected chi connectivity index (χ4v) is 3.68. The minimum Gasteiger partial charge on any atom is -0.383 e. The maximum atomic E-state index is 12.2. The zero-order chi connectivity index (χ0) is 17.4. The predicted octanol–water partition coefficient (Wildman–Crippen LogP) is 0.341. The molecule has 1 aliphatic rings. The lowest BCUT2D eigenvalue weighted by Gasteiger charge is -2.10. The number of carbonyl (C=O) groups excluding carboxylic acids is 1. The molecule has 1 aliphatic heterocycles. The van der Waals surface area contributed by atoms with Crippen molar-refractivity contribution in [2.45, 2.75) is 17.7 Å². The average molecular weight is 355 g/mol. The largest absolute Gasteiger partial charge is 0.383 e. The first-order valence-electron chi connectivity index (χ1n) is 8.10. The first kappa shape index (κ1) is 18.9. The second-order valence-electron chi connectivity index (χ2n) is 5.82. The van der Waals surface area contributed by atoms with Gasteiger partial charge in [0.25, 0.3) is 5.91 Å². The van der Waals surface area contributed by atoms with E-state index in [4.69, 9.17) is 4.74 Å². The molecule has 1 aromatic carbocycles. The van der Waals surface area contributed by atoms with Crippen LogP contribution in [0, 0.1) is 5.92 Å². The first-order valence-corrected chi connectivity index (χ1v) is 9.59. The van der Waals surface area contributed by atoms with Crippen LogP contribution in [0.5, 0.6) is 0 Å². The molecular formula is C16H25N3O4S. The Kier molecular flexibility index (Phi) is 7.16. The van der Waals surface area contributed by atoms with Crippen LogP contribution in [0.2, 0.25) is 0 Å². The Labute approximate surface area is 143 Å². The van der Waals surface area contributed by atoms with Gasteiger partial charge in [-0.15, -0.1) is 0 Å². The molecule has 0 aromatic heterocycles. The van der Waals surface area contributed by atoms with Crippen LogP contribution in [-0.2, 0) is 14.8 Å². The lowest BCUT2D eigenvalue weighted by Crippen LogP contribution is -2.28. The number of methoxy groups -OCH3 is 1. The van der Waals surface area contributed by atoms with Crippen molar-refractivity contribution < 1.29 is 17.9 Å². The van der Waals surface area contributed by atoms with E-state index in [1.807, 2.05) is 0 Å². The van der Waals surface area contributed by atoms with Crippen LogP contribution >= 0.6 is 0 Å². The Morgan fingerprint density at radius 2 is 2.21 bits per heavy atom. The van der Waals surface area contributed by atoms with Gasteiger partial charge in [0, 0.05) is 25.8 Å². The highest BCUT2D eigenvalue weighted by molar-refractivity contribution is 7.89. The number of hydrogen-bond acceptors (Lipinski definition) is 5. The summed E-state index contributed by atoms with van der Waals surface area (Å²) in [6, 6.07) is 6.04. The summed E-state index contributed by atoms with van der Waals surface area (Å²) in [6.45, 7) is 3.10. The van der Waals surface area contributed by atoms with Crippen LogP contribution in [0.25, 0.3) is 0 Å². The standard InChI is InChI=1S/C16H25N3O4S/c1-23-10-9-19-24(21,22)15-4-2-3-14(11-15)16(20)18-8-6-13-5-7-17-12-13/h2-4,11,13,17,19H,5-10,12H2,1H3,(H,18,20). The van der Waals surface area contributed by atoms with E-state index in [1.165, 1.54) is 19.2 Å². The number of hydrogen-bond donors (Lipinski definition) is 3. The van der Waals surface area contributed by atoms with E-state index in [0.717, 1.165) is 25.9 Å². The van der Waals surface area contributed by atoms with Crippen molar-refractivity contribution >= 4 is 15.9 Å². The molecule has 1 saturated heterocycles. The van der Waals surface area contributed by atoms with E-state index < -0.39 is 10.0 Å². The summed E-state index contributed by atoms with van der Waals surface area (Å²) in [6.07, 6.45) is 2.06. The van der Waals surface area contributed by atoms with Crippen molar-refractivity contribution in [3.63, 3.8) is 0 Å². The minimum atomic E-state index is -3.64. The number of amides is 1. The summed E-state index contributed by atoms with van der Waals surface area (Å²) in [5.74, 6) is 0.344. The van der Waals surface area contributed by atoms with Crippen LogP contribution in [-0.4, -0.2) is 54.2 Å². The molecule has 1 heterocycles. The van der Waals surface area contributed by atoms with Crippen molar-refractivity contribution in [2.75, 3.05) is 39.9 Å². The van der Waals surface area contributed by atoms with Crippen molar-refractivity contribution in [2.24, 2.45) is 5.92 Å². The molecule has 0 aliphatic carbocycles. The molecule has 1 amide bonds. The minimum absolute atomic E-state index is 0.0752. The summed E-state index contributed by atoms with van der Waals surface area (Å²) < 4.78 is 31.6. The summed E-state index contributed by atoms with van der Waals surface area (Å²) in [4.78, 5) is 12.3. The third-order valence-electron chi connectivity index (χ3n) is 4.01. The Morgan fingerprint density at radius 3 is 2.92 bits per heavy atom. The molecule has 1 aromatic rings. The zero-order valence-corrected chi connectivity index (χ0v) is 14.7. The maximum absolute atomic E-state index is 12.2. The van der Waals surface area contributed by atoms with Crippen LogP contribution in [0.3, 0.4) is 0 Å². The van der Waals surface area contributed by atoms with Crippen molar-refractivity contribution in [1.82, 2.24) is 15.4 Å². The normalized spacial score (nSPS) is 17.8. The van der Waals surface area contributed by atoms with Crippen LogP contribution in [0.4, 0.5) is 0 Å². The number of sulfonamides is 1. The monoisotopic (exact) mass is 355 g/mol. The lowest BCUT2D eigenvalue weighted by atomic mass is 10.1. The van der Waals surface area contributed by atoms with E-state index in [9.17, 15) is 13.2 Å². The molecule has 1 fully saturated rings. The Morgan fingerprint density at radius 1 is 1.38 bits per heavy atom. The molecule has 0 spiro atoms. The van der Waals surface area contributed by atoms with Gasteiger partial charge >= 0.3 is 0 Å². The Bertz CT molecular complexity index is 642. The number of nitrogens with one attached hydrogen (secondary N) is 3. The van der Waals surface area contributed by atoms with Gasteiger partial charge < -0.3 is 15.4 Å². The topological polar surface area (TPSA) is 96.5 Å². The molecule has 1 atom stereocenters. The van der Waals surface area contributed by atoms with Gasteiger partial charge in [0.15, 0.2) is 0 Å². The second-order valence-corrected chi connectivity index (χ2v) is 7.59. The molecule has 3 N–H and O–H groups in total. The Balaban J connectivity index is 1.91. The fourth-order valence-electron chi connectivity index (χ4n) is 2.62. The van der Waals surface area contributed by atoms with Crippen LogP contribution < -0.4 is 15.4 Å². The highest BCUT2D eigenvalue weighted by Gasteiger charge is 2.17. The van der Waals surface area contributed by atoms with E-state index in [-0.39, 0.29) is 24.0 Å². The third-order valence-corrected chi connectivity index (χ3v) is 5.46. The molecule has 7 nitrogen and oxygen atoms in total. The summed E-state index contributed by atoms with van der Waals surface area (Å²) in [5, 5.41) is 6.15. The zero-order valence-electron chi connectivity index (χ0n) is 13.9. The number of carbonyl (C=O) groups is 1. The van der Waals surface area contributed by atoms with Gasteiger partial charge in [-0.1, -0.05) is 6.07 Å². The quantitative estimate of drug-likeness (QED) is 0.555. The molecule has 1 unspecified atom stereocenters. The number of rotatable bonds is 9. The molecule has 0 saturated carbocycles. The van der Waals surface area contributed by atoms with Crippen molar-refractivity contribution in [3.8, 4) is 0 Å². The third kappa shape index (κ3) is 5.55. The SMILES string of the molecule is COCCNS(=O)(=O)c1cccc(C(=O)NCCC2CCNC2)c1. The van der Waals surface area contributed by atoms with Gasteiger partial charge in [0.1, 0.15) is 0 Å². The van der Waals surface area contributed by atoms with E-state index in [1.54, 1.807) is 12.1 Å². The lowest BCUT2D eigenvalue weighted by molar-refractivity contribution is 0.0951. The average Bonchev–Trinajstić information content (AvgIpc) is 3.08. The van der Waals surface area contributed by atoms with E-state index in [0.29, 0.717) is 18.0 Å². The van der Waals surface area contributed by atoms with E-state index >= 15 is 0 Å². The van der Waals surface area contributed by atoms with Crippen molar-refractivity contribution in [3.05, 3.63) is 29.8 Å². The second kappa shape index (κ2) is 9.12. The first-order chi connectivity index (χ1) is 11.5. The Hall–Kier alpha value is -1.48. The van der Waals surface area contributed by atoms with Gasteiger partial charge in [-0.3, -0.25) is 4.79 Å². The summed E-state index contributed by atoms with van der Waals surface area (Å²) in [7, 11) is -2.14. The summed E-state index contributed by atoms with van der Waals surface area (Å²) in [5.41, 5.74) is 0.342.